The van der Waals surface area contributed by atoms with Crippen molar-refractivity contribution in [1.82, 2.24) is 4.57 Å². The lowest BCUT2D eigenvalue weighted by molar-refractivity contribution is 0.102. The molecule has 28 heavy (non-hydrogen) atoms. The highest BCUT2D eigenvalue weighted by molar-refractivity contribution is 7.92. The molecule has 3 aromatic rings. The molecule has 1 aliphatic heterocycles. The van der Waals surface area contributed by atoms with Crippen molar-refractivity contribution in [3.05, 3.63) is 59.8 Å². The van der Waals surface area contributed by atoms with Crippen molar-refractivity contribution in [2.75, 3.05) is 28.7 Å². The summed E-state index contributed by atoms with van der Waals surface area (Å²) >= 11 is 0. The summed E-state index contributed by atoms with van der Waals surface area (Å²) < 4.78 is 33.0. The highest BCUT2D eigenvalue weighted by Crippen LogP contribution is 2.25. The fraction of sp³-hybridized carbons (Fsp3) is 0.250. The van der Waals surface area contributed by atoms with Crippen LogP contribution in [0.2, 0.25) is 0 Å². The van der Waals surface area contributed by atoms with Gasteiger partial charge in [-0.2, -0.15) is 0 Å². The number of carbonyl (C=O) groups excluding carboxylic acids is 1. The summed E-state index contributed by atoms with van der Waals surface area (Å²) in [6, 6.07) is 12.7. The number of sulfonamides is 1. The number of nitrogens with one attached hydrogen (secondary N) is 1. The SMILES string of the molecule is Cc1cc(N2COCCS2(=O)=O)ccc1C(=O)Nc1ccc2ccn(C)c2c1. The van der Waals surface area contributed by atoms with Gasteiger partial charge in [0.15, 0.2) is 0 Å². The minimum Gasteiger partial charge on any atom is -0.359 e. The zero-order valence-electron chi connectivity index (χ0n) is 15.7. The molecule has 1 aliphatic rings. The molecule has 1 aromatic heterocycles. The van der Waals surface area contributed by atoms with E-state index in [-0.39, 0.29) is 25.0 Å². The Hall–Kier alpha value is -2.84. The molecule has 0 atom stereocenters. The normalized spacial score (nSPS) is 16.3. The van der Waals surface area contributed by atoms with Crippen LogP contribution < -0.4 is 9.62 Å². The highest BCUT2D eigenvalue weighted by atomic mass is 32.2. The van der Waals surface area contributed by atoms with Gasteiger partial charge in [0.25, 0.3) is 5.91 Å². The van der Waals surface area contributed by atoms with Gasteiger partial charge in [0.1, 0.15) is 6.73 Å². The molecule has 0 bridgehead atoms. The first-order valence-corrected chi connectivity index (χ1v) is 10.5. The monoisotopic (exact) mass is 399 g/mol. The molecular formula is C20H21N3O4S. The van der Waals surface area contributed by atoms with E-state index in [1.807, 2.05) is 42.1 Å². The van der Waals surface area contributed by atoms with Gasteiger partial charge in [-0.25, -0.2) is 12.7 Å². The summed E-state index contributed by atoms with van der Waals surface area (Å²) in [7, 11) is -1.44. The van der Waals surface area contributed by atoms with Crippen LogP contribution in [-0.2, 0) is 21.8 Å². The van der Waals surface area contributed by atoms with E-state index in [9.17, 15) is 13.2 Å². The fourth-order valence-corrected chi connectivity index (χ4v) is 4.55. The van der Waals surface area contributed by atoms with Crippen LogP contribution in [0.5, 0.6) is 0 Å². The van der Waals surface area contributed by atoms with Crippen molar-refractivity contribution < 1.29 is 17.9 Å². The van der Waals surface area contributed by atoms with Crippen LogP contribution in [0.15, 0.2) is 48.7 Å². The van der Waals surface area contributed by atoms with Gasteiger partial charge in [-0.15, -0.1) is 0 Å². The molecule has 0 saturated carbocycles. The van der Waals surface area contributed by atoms with Crippen LogP contribution >= 0.6 is 0 Å². The summed E-state index contributed by atoms with van der Waals surface area (Å²) in [6.07, 6.45) is 1.97. The first-order valence-electron chi connectivity index (χ1n) is 8.90. The molecule has 1 N–H and O–H groups in total. The van der Waals surface area contributed by atoms with E-state index in [2.05, 4.69) is 5.32 Å². The summed E-state index contributed by atoms with van der Waals surface area (Å²) in [5, 5.41) is 4.02. The van der Waals surface area contributed by atoms with Crippen molar-refractivity contribution in [3.63, 3.8) is 0 Å². The zero-order valence-corrected chi connectivity index (χ0v) is 16.5. The summed E-state index contributed by atoms with van der Waals surface area (Å²) in [5.41, 5.74) is 3.41. The van der Waals surface area contributed by atoms with Crippen molar-refractivity contribution in [3.8, 4) is 0 Å². The zero-order chi connectivity index (χ0) is 19.9. The maximum Gasteiger partial charge on any atom is 0.255 e. The van der Waals surface area contributed by atoms with Gasteiger partial charge >= 0.3 is 0 Å². The highest BCUT2D eigenvalue weighted by Gasteiger charge is 2.27. The third-order valence-electron chi connectivity index (χ3n) is 4.92. The predicted octanol–water partition coefficient (Wildman–Crippen LogP) is 2.86. The molecule has 1 saturated heterocycles. The fourth-order valence-electron chi connectivity index (χ4n) is 3.33. The Morgan fingerprint density at radius 2 is 1.96 bits per heavy atom. The molecule has 8 heteroatoms. The van der Waals surface area contributed by atoms with Gasteiger partial charge in [-0.3, -0.25) is 4.79 Å². The van der Waals surface area contributed by atoms with Crippen molar-refractivity contribution in [1.29, 1.82) is 0 Å². The van der Waals surface area contributed by atoms with Crippen molar-refractivity contribution in [2.24, 2.45) is 7.05 Å². The number of anilines is 2. The topological polar surface area (TPSA) is 80.6 Å². The van der Waals surface area contributed by atoms with Gasteiger partial charge in [0.05, 0.1) is 18.0 Å². The number of hydrogen-bond acceptors (Lipinski definition) is 4. The second kappa shape index (κ2) is 6.96. The quantitative estimate of drug-likeness (QED) is 0.734. The molecule has 0 spiro atoms. The Kier molecular flexibility index (Phi) is 4.60. The number of rotatable bonds is 3. The van der Waals surface area contributed by atoms with Gasteiger partial charge in [-0.1, -0.05) is 6.07 Å². The van der Waals surface area contributed by atoms with Crippen LogP contribution in [0.3, 0.4) is 0 Å². The third-order valence-corrected chi connectivity index (χ3v) is 6.59. The largest absolute Gasteiger partial charge is 0.359 e. The van der Waals surface area contributed by atoms with Crippen LogP contribution in [0, 0.1) is 6.92 Å². The van der Waals surface area contributed by atoms with E-state index in [1.165, 1.54) is 4.31 Å². The van der Waals surface area contributed by atoms with Crippen molar-refractivity contribution >= 4 is 38.2 Å². The molecule has 4 rings (SSSR count). The first kappa shape index (κ1) is 18.5. The smallest absolute Gasteiger partial charge is 0.255 e. The maximum absolute atomic E-state index is 12.7. The number of aromatic nitrogens is 1. The molecule has 0 radical (unpaired) electrons. The summed E-state index contributed by atoms with van der Waals surface area (Å²) in [4.78, 5) is 12.7. The molecule has 1 fully saturated rings. The van der Waals surface area contributed by atoms with Crippen LogP contribution in [0.4, 0.5) is 11.4 Å². The van der Waals surface area contributed by atoms with E-state index >= 15 is 0 Å². The Morgan fingerprint density at radius 1 is 1.14 bits per heavy atom. The van der Waals surface area contributed by atoms with Crippen LogP contribution in [0.25, 0.3) is 10.9 Å². The molecule has 0 unspecified atom stereocenters. The number of benzene rings is 2. The number of hydrogen-bond donors (Lipinski definition) is 1. The maximum atomic E-state index is 12.7. The molecule has 2 aromatic carbocycles. The number of fused-ring (bicyclic) bond motifs is 1. The Morgan fingerprint density at radius 3 is 2.71 bits per heavy atom. The average Bonchev–Trinajstić information content (AvgIpc) is 3.02. The van der Waals surface area contributed by atoms with E-state index < -0.39 is 10.0 Å². The summed E-state index contributed by atoms with van der Waals surface area (Å²) in [5.74, 6) is -0.286. The van der Waals surface area contributed by atoms with Crippen LogP contribution in [0.1, 0.15) is 15.9 Å². The Balaban J connectivity index is 1.58. The Bertz CT molecular complexity index is 1170. The minimum atomic E-state index is -3.39. The molecule has 0 aliphatic carbocycles. The van der Waals surface area contributed by atoms with Gasteiger partial charge in [0, 0.05) is 30.0 Å². The van der Waals surface area contributed by atoms with Gasteiger partial charge < -0.3 is 14.6 Å². The molecular weight excluding hydrogens is 378 g/mol. The van der Waals surface area contributed by atoms with E-state index in [4.69, 9.17) is 4.74 Å². The number of aryl methyl sites for hydroxylation is 2. The van der Waals surface area contributed by atoms with Crippen LogP contribution in [-0.4, -0.2) is 38.0 Å². The summed E-state index contributed by atoms with van der Waals surface area (Å²) in [6.45, 7) is 1.98. The molecule has 1 amide bonds. The van der Waals surface area contributed by atoms with Gasteiger partial charge in [-0.05, 0) is 54.3 Å². The van der Waals surface area contributed by atoms with E-state index in [1.54, 1.807) is 25.1 Å². The predicted molar refractivity (Wildman–Crippen MR) is 109 cm³/mol. The third kappa shape index (κ3) is 3.36. The standard InChI is InChI=1S/C20H21N3O4S/c1-14-11-17(23-13-27-9-10-28(23,25)26)5-6-18(14)20(24)21-16-4-3-15-7-8-22(2)19(15)12-16/h3-8,11-12H,9-10,13H2,1-2H3,(H,21,24). The first-order chi connectivity index (χ1) is 13.3. The number of ether oxygens (including phenoxy) is 1. The van der Waals surface area contributed by atoms with Gasteiger partial charge in [0.2, 0.25) is 10.0 Å². The van der Waals surface area contributed by atoms with E-state index in [0.717, 1.165) is 10.9 Å². The van der Waals surface area contributed by atoms with E-state index in [0.29, 0.717) is 22.5 Å². The number of nitrogens with zero attached hydrogens (tertiary/aromatic N) is 2. The number of carbonyl (C=O) groups is 1. The lowest BCUT2D eigenvalue weighted by Crippen LogP contribution is -2.41. The minimum absolute atomic E-state index is 0.00993. The molecule has 7 nitrogen and oxygen atoms in total. The average molecular weight is 399 g/mol. The van der Waals surface area contributed by atoms with Crippen molar-refractivity contribution in [2.45, 2.75) is 6.92 Å². The lowest BCUT2D eigenvalue weighted by Gasteiger charge is -2.28. The lowest BCUT2D eigenvalue weighted by atomic mass is 10.1. The Labute approximate surface area is 163 Å². The molecule has 2 heterocycles. The second-order valence-corrected chi connectivity index (χ2v) is 8.87. The molecule has 146 valence electrons. The number of amides is 1. The second-order valence-electron chi connectivity index (χ2n) is 6.86.